The minimum absolute atomic E-state index is 0.493. The van der Waals surface area contributed by atoms with Crippen LogP contribution in [0.3, 0.4) is 0 Å². The average Bonchev–Trinajstić information content (AvgIpc) is 2.73. The summed E-state index contributed by atoms with van der Waals surface area (Å²) in [6.07, 6.45) is 2.08. The van der Waals surface area contributed by atoms with Crippen LogP contribution in [0.1, 0.15) is 33.0 Å². The van der Waals surface area contributed by atoms with E-state index in [4.69, 9.17) is 22.3 Å². The van der Waals surface area contributed by atoms with E-state index >= 15 is 0 Å². The van der Waals surface area contributed by atoms with E-state index in [9.17, 15) is 0 Å². The molecule has 0 saturated heterocycles. The lowest BCUT2D eigenvalue weighted by Gasteiger charge is -2.17. The summed E-state index contributed by atoms with van der Waals surface area (Å²) < 4.78 is 2.25. The average molecular weight is 294 g/mol. The predicted octanol–water partition coefficient (Wildman–Crippen LogP) is 3.87. The van der Waals surface area contributed by atoms with E-state index in [1.807, 2.05) is 18.2 Å². The van der Waals surface area contributed by atoms with Crippen LogP contribution in [0.2, 0.25) is 5.02 Å². The zero-order valence-corrected chi connectivity index (χ0v) is 13.3. The molecular weight excluding hydrogens is 270 g/mol. The number of aromatic nitrogens is 2. The van der Waals surface area contributed by atoms with Crippen molar-refractivity contribution in [2.45, 2.75) is 40.2 Å². The minimum Gasteiger partial charge on any atom is -0.330 e. The first-order valence-electron chi connectivity index (χ1n) is 7.39. The SMILES string of the molecule is CCn1c(CC(CN)CC(C)C)nc2ccc(Cl)cc21. The van der Waals surface area contributed by atoms with Gasteiger partial charge in [-0.1, -0.05) is 25.4 Å². The smallest absolute Gasteiger partial charge is 0.110 e. The highest BCUT2D eigenvalue weighted by Crippen LogP contribution is 2.23. The Bertz CT molecular complexity index is 574. The summed E-state index contributed by atoms with van der Waals surface area (Å²) in [5.41, 5.74) is 8.06. The molecule has 0 radical (unpaired) electrons. The number of benzene rings is 1. The van der Waals surface area contributed by atoms with Gasteiger partial charge in [-0.05, 0) is 49.9 Å². The highest BCUT2D eigenvalue weighted by Gasteiger charge is 2.16. The van der Waals surface area contributed by atoms with Crippen molar-refractivity contribution in [2.24, 2.45) is 17.6 Å². The Hall–Kier alpha value is -1.06. The maximum Gasteiger partial charge on any atom is 0.110 e. The third-order valence-electron chi connectivity index (χ3n) is 3.71. The van der Waals surface area contributed by atoms with E-state index in [-0.39, 0.29) is 0 Å². The van der Waals surface area contributed by atoms with Gasteiger partial charge in [0.25, 0.3) is 0 Å². The quantitative estimate of drug-likeness (QED) is 0.878. The van der Waals surface area contributed by atoms with E-state index in [1.54, 1.807) is 0 Å². The molecule has 0 spiro atoms. The van der Waals surface area contributed by atoms with Gasteiger partial charge in [0.2, 0.25) is 0 Å². The van der Waals surface area contributed by atoms with Crippen molar-refractivity contribution in [3.63, 3.8) is 0 Å². The highest BCUT2D eigenvalue weighted by atomic mass is 35.5. The molecule has 0 saturated carbocycles. The Labute approximate surface area is 126 Å². The van der Waals surface area contributed by atoms with Crippen LogP contribution in [0.25, 0.3) is 11.0 Å². The van der Waals surface area contributed by atoms with Crippen LogP contribution < -0.4 is 5.73 Å². The van der Waals surface area contributed by atoms with E-state index in [2.05, 4.69) is 25.3 Å². The Morgan fingerprint density at radius 2 is 2.10 bits per heavy atom. The summed E-state index contributed by atoms with van der Waals surface area (Å²) >= 11 is 6.10. The largest absolute Gasteiger partial charge is 0.330 e. The minimum atomic E-state index is 0.493. The molecule has 3 nitrogen and oxygen atoms in total. The van der Waals surface area contributed by atoms with Crippen LogP contribution in [-0.2, 0) is 13.0 Å². The fraction of sp³-hybridized carbons (Fsp3) is 0.562. The topological polar surface area (TPSA) is 43.8 Å². The van der Waals surface area contributed by atoms with Crippen LogP contribution in [0.5, 0.6) is 0 Å². The van der Waals surface area contributed by atoms with Gasteiger partial charge in [-0.25, -0.2) is 4.98 Å². The number of nitrogens with zero attached hydrogens (tertiary/aromatic N) is 2. The second kappa shape index (κ2) is 6.59. The molecule has 1 heterocycles. The molecular formula is C16H24ClN3. The fourth-order valence-electron chi connectivity index (χ4n) is 2.84. The third-order valence-corrected chi connectivity index (χ3v) is 3.95. The van der Waals surface area contributed by atoms with Crippen LogP contribution in [-0.4, -0.2) is 16.1 Å². The number of hydrogen-bond donors (Lipinski definition) is 1. The fourth-order valence-corrected chi connectivity index (χ4v) is 3.01. The van der Waals surface area contributed by atoms with E-state index < -0.39 is 0 Å². The Balaban J connectivity index is 2.33. The van der Waals surface area contributed by atoms with Gasteiger partial charge in [0.05, 0.1) is 11.0 Å². The van der Waals surface area contributed by atoms with Crippen LogP contribution >= 0.6 is 11.6 Å². The predicted molar refractivity (Wildman–Crippen MR) is 86.1 cm³/mol. The zero-order chi connectivity index (χ0) is 14.7. The molecule has 1 aromatic heterocycles. The molecule has 20 heavy (non-hydrogen) atoms. The van der Waals surface area contributed by atoms with Crippen molar-refractivity contribution in [2.75, 3.05) is 6.54 Å². The summed E-state index contributed by atoms with van der Waals surface area (Å²) in [4.78, 5) is 4.77. The van der Waals surface area contributed by atoms with Gasteiger partial charge in [-0.15, -0.1) is 0 Å². The summed E-state index contributed by atoms with van der Waals surface area (Å²) in [6, 6.07) is 5.89. The molecule has 1 unspecified atom stereocenters. The molecule has 0 amide bonds. The zero-order valence-electron chi connectivity index (χ0n) is 12.6. The molecule has 0 bridgehead atoms. The first-order valence-corrected chi connectivity index (χ1v) is 7.77. The molecule has 1 aromatic carbocycles. The van der Waals surface area contributed by atoms with Gasteiger partial charge in [0.15, 0.2) is 0 Å². The van der Waals surface area contributed by atoms with Gasteiger partial charge >= 0.3 is 0 Å². The van der Waals surface area contributed by atoms with Gasteiger partial charge in [0.1, 0.15) is 5.82 Å². The van der Waals surface area contributed by atoms with Crippen molar-refractivity contribution in [1.82, 2.24) is 9.55 Å². The van der Waals surface area contributed by atoms with Crippen molar-refractivity contribution >= 4 is 22.6 Å². The lowest BCUT2D eigenvalue weighted by molar-refractivity contribution is 0.404. The van der Waals surface area contributed by atoms with E-state index in [0.717, 1.165) is 41.3 Å². The lowest BCUT2D eigenvalue weighted by atomic mass is 9.94. The van der Waals surface area contributed by atoms with Gasteiger partial charge in [-0.2, -0.15) is 0 Å². The molecule has 110 valence electrons. The lowest BCUT2D eigenvalue weighted by Crippen LogP contribution is -2.20. The molecule has 1 atom stereocenters. The van der Waals surface area contributed by atoms with Crippen molar-refractivity contribution in [3.8, 4) is 0 Å². The Kier molecular flexibility index (Phi) is 5.06. The molecule has 0 aliphatic carbocycles. The van der Waals surface area contributed by atoms with Crippen LogP contribution in [0, 0.1) is 11.8 Å². The maximum atomic E-state index is 6.10. The van der Waals surface area contributed by atoms with Crippen molar-refractivity contribution in [3.05, 3.63) is 29.0 Å². The summed E-state index contributed by atoms with van der Waals surface area (Å²) in [7, 11) is 0. The molecule has 4 heteroatoms. The Morgan fingerprint density at radius 1 is 1.35 bits per heavy atom. The molecule has 0 fully saturated rings. The second-order valence-corrected chi connectivity index (χ2v) is 6.28. The molecule has 2 N–H and O–H groups in total. The first kappa shape index (κ1) is 15.3. The number of nitrogens with two attached hydrogens (primary N) is 1. The molecule has 2 aromatic rings. The highest BCUT2D eigenvalue weighted by molar-refractivity contribution is 6.31. The molecule has 0 aliphatic heterocycles. The normalized spacial score (nSPS) is 13.3. The van der Waals surface area contributed by atoms with Crippen molar-refractivity contribution in [1.29, 1.82) is 0 Å². The van der Waals surface area contributed by atoms with Gasteiger partial charge in [-0.3, -0.25) is 0 Å². The number of aryl methyl sites for hydroxylation is 1. The maximum absolute atomic E-state index is 6.10. The number of fused-ring (bicyclic) bond motifs is 1. The van der Waals surface area contributed by atoms with Gasteiger partial charge in [0, 0.05) is 18.0 Å². The monoisotopic (exact) mass is 293 g/mol. The number of imidazole rings is 1. The summed E-state index contributed by atoms with van der Waals surface area (Å²) in [5.74, 6) is 2.28. The summed E-state index contributed by atoms with van der Waals surface area (Å²) in [6.45, 7) is 8.25. The molecule has 0 aliphatic rings. The van der Waals surface area contributed by atoms with Crippen molar-refractivity contribution < 1.29 is 0 Å². The van der Waals surface area contributed by atoms with E-state index in [0.29, 0.717) is 18.4 Å². The number of halogens is 1. The second-order valence-electron chi connectivity index (χ2n) is 5.84. The number of hydrogen-bond acceptors (Lipinski definition) is 2. The summed E-state index contributed by atoms with van der Waals surface area (Å²) in [5, 5.41) is 0.760. The molecule has 2 rings (SSSR count). The first-order chi connectivity index (χ1) is 9.55. The van der Waals surface area contributed by atoms with E-state index in [1.165, 1.54) is 0 Å². The number of rotatable bonds is 6. The van der Waals surface area contributed by atoms with Gasteiger partial charge < -0.3 is 10.3 Å². The van der Waals surface area contributed by atoms with Crippen LogP contribution in [0.15, 0.2) is 18.2 Å². The van der Waals surface area contributed by atoms with Crippen LogP contribution in [0.4, 0.5) is 0 Å². The third kappa shape index (κ3) is 3.33. The standard InChI is InChI=1S/C16H24ClN3/c1-4-20-15-9-13(17)5-6-14(15)19-16(20)8-12(10-18)7-11(2)3/h5-6,9,11-12H,4,7-8,10,18H2,1-3H3. The Morgan fingerprint density at radius 3 is 2.70 bits per heavy atom.